The second-order valence-corrected chi connectivity index (χ2v) is 6.92. The molecule has 4 rings (SSSR count). The van der Waals surface area contributed by atoms with Crippen molar-refractivity contribution in [2.24, 2.45) is 0 Å². The summed E-state index contributed by atoms with van der Waals surface area (Å²) < 4.78 is 16.8. The topological polar surface area (TPSA) is 57.7 Å². The molecule has 1 aliphatic rings. The summed E-state index contributed by atoms with van der Waals surface area (Å²) in [4.78, 5) is 16.8. The zero-order valence-electron chi connectivity index (χ0n) is 15.5. The lowest BCUT2D eigenvalue weighted by atomic mass is 9.97. The molecule has 0 N–H and O–H groups in total. The number of ether oxygens (including phenoxy) is 3. The minimum absolute atomic E-state index is 0.321. The van der Waals surface area contributed by atoms with E-state index in [9.17, 15) is 4.79 Å². The Balaban J connectivity index is 1.93. The van der Waals surface area contributed by atoms with Gasteiger partial charge in [0.2, 0.25) is 6.29 Å². The molecular weight excluding hydrogens is 374 g/mol. The van der Waals surface area contributed by atoms with Crippen molar-refractivity contribution >= 4 is 39.5 Å². The average molecular weight is 393 g/mol. The van der Waals surface area contributed by atoms with Gasteiger partial charge in [-0.05, 0) is 36.6 Å². The molecule has 0 spiro atoms. The third kappa shape index (κ3) is 3.44. The van der Waals surface area contributed by atoms with Crippen LogP contribution in [0.3, 0.4) is 0 Å². The maximum atomic E-state index is 11.9. The Morgan fingerprint density at radius 1 is 1.32 bits per heavy atom. The highest BCUT2D eigenvalue weighted by Crippen LogP contribution is 2.42. The van der Waals surface area contributed by atoms with Crippen molar-refractivity contribution < 1.29 is 19.0 Å². The Morgan fingerprint density at radius 3 is 2.93 bits per heavy atom. The highest BCUT2D eigenvalue weighted by Gasteiger charge is 2.30. The monoisotopic (exact) mass is 393 g/mol. The number of aromatic nitrogens is 1. The van der Waals surface area contributed by atoms with Gasteiger partial charge in [0.05, 0.1) is 17.8 Å². The molecule has 3 aromatic rings. The molecule has 142 valence electrons. The van der Waals surface area contributed by atoms with E-state index >= 15 is 0 Å². The van der Waals surface area contributed by atoms with Gasteiger partial charge in [-0.2, -0.15) is 11.3 Å². The van der Waals surface area contributed by atoms with Gasteiger partial charge in [-0.3, -0.25) is 0 Å². The summed E-state index contributed by atoms with van der Waals surface area (Å²) in [6.45, 7) is 2.10. The smallest absolute Gasteiger partial charge is 0.330 e. The average Bonchev–Trinajstić information content (AvgIpc) is 3.25. The molecule has 0 aliphatic carbocycles. The highest BCUT2D eigenvalue weighted by molar-refractivity contribution is 7.08. The van der Waals surface area contributed by atoms with Gasteiger partial charge >= 0.3 is 5.97 Å². The molecule has 1 aliphatic heterocycles. The number of rotatable bonds is 5. The Morgan fingerprint density at radius 2 is 2.18 bits per heavy atom. The number of methoxy groups -OCH3 is 1. The van der Waals surface area contributed by atoms with E-state index in [1.54, 1.807) is 31.4 Å². The number of carbonyl (C=O) groups is 1. The number of para-hydroxylation sites is 1. The van der Waals surface area contributed by atoms with Crippen LogP contribution in [0.4, 0.5) is 0 Å². The van der Waals surface area contributed by atoms with E-state index in [-0.39, 0.29) is 0 Å². The number of hydrogen-bond donors (Lipinski definition) is 0. The Kier molecular flexibility index (Phi) is 5.23. The second-order valence-electron chi connectivity index (χ2n) is 6.14. The molecule has 0 radical (unpaired) electrons. The van der Waals surface area contributed by atoms with E-state index in [1.807, 2.05) is 47.2 Å². The van der Waals surface area contributed by atoms with Gasteiger partial charge in [-0.25, -0.2) is 9.78 Å². The molecule has 5 nitrogen and oxygen atoms in total. The predicted octanol–water partition coefficient (Wildman–Crippen LogP) is 4.96. The molecule has 0 saturated carbocycles. The van der Waals surface area contributed by atoms with Crippen LogP contribution in [0.2, 0.25) is 0 Å². The van der Waals surface area contributed by atoms with Crippen LogP contribution in [-0.2, 0) is 19.0 Å². The number of nitrogens with zero attached hydrogens (tertiary/aromatic N) is 1. The number of pyridine rings is 1. The van der Waals surface area contributed by atoms with E-state index in [0.717, 1.165) is 33.3 Å². The first-order valence-corrected chi connectivity index (χ1v) is 9.86. The Bertz CT molecular complexity index is 1070. The molecule has 2 aromatic heterocycles. The quantitative estimate of drug-likeness (QED) is 0.453. The molecular formula is C22H19NO4S. The first-order valence-electron chi connectivity index (χ1n) is 8.92. The lowest BCUT2D eigenvalue weighted by Gasteiger charge is -2.28. The van der Waals surface area contributed by atoms with E-state index in [0.29, 0.717) is 12.4 Å². The van der Waals surface area contributed by atoms with E-state index < -0.39 is 12.3 Å². The maximum absolute atomic E-state index is 11.9. The van der Waals surface area contributed by atoms with Crippen LogP contribution in [0.5, 0.6) is 0 Å². The summed E-state index contributed by atoms with van der Waals surface area (Å²) >= 11 is 1.57. The lowest BCUT2D eigenvalue weighted by molar-refractivity contribution is -0.137. The number of benzene rings is 1. The van der Waals surface area contributed by atoms with Crippen LogP contribution in [0.1, 0.15) is 30.0 Å². The van der Waals surface area contributed by atoms with E-state index in [2.05, 4.69) is 0 Å². The van der Waals surface area contributed by atoms with Crippen molar-refractivity contribution in [3.05, 3.63) is 76.1 Å². The molecule has 28 heavy (non-hydrogen) atoms. The lowest BCUT2D eigenvalue weighted by Crippen LogP contribution is -2.16. The molecule has 1 aromatic carbocycles. The third-order valence-corrected chi connectivity index (χ3v) is 5.09. The molecule has 0 fully saturated rings. The second kappa shape index (κ2) is 7.96. The van der Waals surface area contributed by atoms with Gasteiger partial charge in [-0.1, -0.05) is 18.2 Å². The Hall–Kier alpha value is -2.96. The predicted molar refractivity (Wildman–Crippen MR) is 109 cm³/mol. The number of thiophene rings is 1. The van der Waals surface area contributed by atoms with Gasteiger partial charge in [0.15, 0.2) is 0 Å². The minimum atomic E-state index is -0.582. The number of esters is 1. The Labute approximate surface area is 166 Å². The number of carbonyl (C=O) groups excluding carboxylic acids is 1. The minimum Gasteiger partial charge on any atom is -0.463 e. The van der Waals surface area contributed by atoms with Crippen molar-refractivity contribution in [1.29, 1.82) is 0 Å². The van der Waals surface area contributed by atoms with Gasteiger partial charge in [0.1, 0.15) is 5.76 Å². The zero-order valence-corrected chi connectivity index (χ0v) is 16.4. The summed E-state index contributed by atoms with van der Waals surface area (Å²) in [6, 6.07) is 11.9. The fourth-order valence-corrected chi connectivity index (χ4v) is 3.79. The van der Waals surface area contributed by atoms with Crippen molar-refractivity contribution in [2.45, 2.75) is 13.2 Å². The van der Waals surface area contributed by atoms with Crippen molar-refractivity contribution in [2.75, 3.05) is 13.7 Å². The van der Waals surface area contributed by atoms with E-state index in [1.165, 1.54) is 6.08 Å². The summed E-state index contributed by atoms with van der Waals surface area (Å²) in [5.74, 6) is 0.222. The number of hydrogen-bond acceptors (Lipinski definition) is 6. The van der Waals surface area contributed by atoms with E-state index in [4.69, 9.17) is 19.2 Å². The normalized spacial score (nSPS) is 16.3. The molecule has 1 unspecified atom stereocenters. The van der Waals surface area contributed by atoms with Crippen LogP contribution in [-0.4, -0.2) is 24.7 Å². The summed E-state index contributed by atoms with van der Waals surface area (Å²) in [5, 5.41) is 4.97. The standard InChI is InChI=1S/C22H19NO4S/c1-3-26-19(24)9-8-16-20-17(12-14-6-4-5-7-18(14)23-20)22(25-2)27-21(16)15-10-11-28-13-15/h4-13,22H,3H2,1-2H3/b9-8+. The molecule has 0 amide bonds. The number of allylic oxidation sites excluding steroid dienone is 2. The van der Waals surface area contributed by atoms with Crippen LogP contribution < -0.4 is 0 Å². The molecule has 0 saturated heterocycles. The SMILES string of the molecule is CCOC(=O)/C=C/C1=C(c2ccsc2)OC(OC)c2cc3ccccc3nc21. The van der Waals surface area contributed by atoms with Crippen LogP contribution in [0.15, 0.2) is 59.3 Å². The van der Waals surface area contributed by atoms with Crippen LogP contribution in [0.25, 0.3) is 22.2 Å². The summed E-state index contributed by atoms with van der Waals surface area (Å²) in [5.41, 5.74) is 4.06. The molecule has 1 atom stereocenters. The largest absolute Gasteiger partial charge is 0.463 e. The summed E-state index contributed by atoms with van der Waals surface area (Å²) in [7, 11) is 1.61. The van der Waals surface area contributed by atoms with Crippen molar-refractivity contribution in [1.82, 2.24) is 4.98 Å². The number of fused-ring (bicyclic) bond motifs is 2. The van der Waals surface area contributed by atoms with Gasteiger partial charge in [0, 0.05) is 40.7 Å². The van der Waals surface area contributed by atoms with Crippen molar-refractivity contribution in [3.63, 3.8) is 0 Å². The fourth-order valence-electron chi connectivity index (χ4n) is 3.16. The highest BCUT2D eigenvalue weighted by atomic mass is 32.1. The molecule has 0 bridgehead atoms. The molecule has 6 heteroatoms. The molecule has 3 heterocycles. The first kappa shape index (κ1) is 18.4. The zero-order chi connectivity index (χ0) is 19.5. The van der Waals surface area contributed by atoms with Gasteiger partial charge < -0.3 is 14.2 Å². The van der Waals surface area contributed by atoms with Crippen molar-refractivity contribution in [3.8, 4) is 0 Å². The fraction of sp³-hybridized carbons (Fsp3) is 0.182. The maximum Gasteiger partial charge on any atom is 0.330 e. The van der Waals surface area contributed by atoms with Crippen LogP contribution in [0, 0.1) is 0 Å². The summed E-state index contributed by atoms with van der Waals surface area (Å²) in [6.07, 6.45) is 2.53. The first-order chi connectivity index (χ1) is 13.7. The van der Waals surface area contributed by atoms with Gasteiger partial charge in [-0.15, -0.1) is 0 Å². The third-order valence-electron chi connectivity index (χ3n) is 4.40. The van der Waals surface area contributed by atoms with Gasteiger partial charge in [0.25, 0.3) is 0 Å². The van der Waals surface area contributed by atoms with Crippen LogP contribution >= 0.6 is 11.3 Å².